The van der Waals surface area contributed by atoms with E-state index in [0.717, 1.165) is 13.1 Å². The second-order valence-corrected chi connectivity index (χ2v) is 6.85. The van der Waals surface area contributed by atoms with Gasteiger partial charge in [0, 0.05) is 48.4 Å². The first-order valence-electron chi connectivity index (χ1n) is 8.02. The molecule has 0 aliphatic carbocycles. The van der Waals surface area contributed by atoms with Crippen molar-refractivity contribution in [2.24, 2.45) is 0 Å². The molecule has 1 aliphatic heterocycles. The van der Waals surface area contributed by atoms with Crippen LogP contribution < -0.4 is 10.2 Å². The summed E-state index contributed by atoms with van der Waals surface area (Å²) in [5, 5.41) is 3.30. The molecule has 0 spiro atoms. The molecule has 0 radical (unpaired) electrons. The summed E-state index contributed by atoms with van der Waals surface area (Å²) in [4.78, 5) is 5.10. The highest BCUT2D eigenvalue weighted by atomic mass is 79.9. The molecule has 2 atom stereocenters. The van der Waals surface area contributed by atoms with Gasteiger partial charge in [-0.1, -0.05) is 28.9 Å². The molecule has 2 unspecified atom stereocenters. The summed E-state index contributed by atoms with van der Waals surface area (Å²) in [6.07, 6.45) is 1.24. The topological polar surface area (TPSA) is 18.5 Å². The number of nitrogens with zero attached hydrogens (tertiary/aromatic N) is 2. The highest BCUT2D eigenvalue weighted by Crippen LogP contribution is 2.29. The van der Waals surface area contributed by atoms with Crippen molar-refractivity contribution in [1.29, 1.82) is 0 Å². The Morgan fingerprint density at radius 1 is 1.19 bits per heavy atom. The van der Waals surface area contributed by atoms with Crippen LogP contribution in [0.3, 0.4) is 0 Å². The molecule has 1 N–H and O–H groups in total. The van der Waals surface area contributed by atoms with E-state index in [0.29, 0.717) is 12.1 Å². The second kappa shape index (κ2) is 7.61. The van der Waals surface area contributed by atoms with Crippen LogP contribution in [-0.4, -0.2) is 44.2 Å². The van der Waals surface area contributed by atoms with Gasteiger partial charge in [-0.05, 0) is 45.0 Å². The number of anilines is 1. The van der Waals surface area contributed by atoms with Gasteiger partial charge in [-0.25, -0.2) is 0 Å². The van der Waals surface area contributed by atoms with Crippen LogP contribution in [0.1, 0.15) is 38.8 Å². The zero-order valence-corrected chi connectivity index (χ0v) is 15.3. The highest BCUT2D eigenvalue weighted by molar-refractivity contribution is 9.10. The molecule has 1 aromatic rings. The summed E-state index contributed by atoms with van der Waals surface area (Å²) in [5.41, 5.74) is 2.65. The van der Waals surface area contributed by atoms with Crippen LogP contribution in [0.4, 0.5) is 5.69 Å². The van der Waals surface area contributed by atoms with Crippen LogP contribution in [0.15, 0.2) is 22.7 Å². The fourth-order valence-corrected chi connectivity index (χ4v) is 3.61. The lowest BCUT2D eigenvalue weighted by Crippen LogP contribution is -2.49. The first-order valence-corrected chi connectivity index (χ1v) is 8.81. The fourth-order valence-electron chi connectivity index (χ4n) is 2.90. The molecule has 1 fully saturated rings. The molecule has 0 bridgehead atoms. The average molecular weight is 354 g/mol. The molecule has 3 nitrogen and oxygen atoms in total. The molecule has 4 heteroatoms. The molecule has 21 heavy (non-hydrogen) atoms. The first-order chi connectivity index (χ1) is 10.1. The van der Waals surface area contributed by atoms with E-state index in [1.54, 1.807) is 0 Å². The van der Waals surface area contributed by atoms with Gasteiger partial charge in [-0.3, -0.25) is 4.90 Å². The highest BCUT2D eigenvalue weighted by Gasteiger charge is 2.20. The summed E-state index contributed by atoms with van der Waals surface area (Å²) >= 11 is 3.72. The minimum absolute atomic E-state index is 0.371. The lowest BCUT2D eigenvalue weighted by Gasteiger charge is -2.39. The van der Waals surface area contributed by atoms with Crippen molar-refractivity contribution in [2.75, 3.05) is 38.1 Å². The van der Waals surface area contributed by atoms with E-state index in [-0.39, 0.29) is 0 Å². The molecule has 0 saturated carbocycles. The van der Waals surface area contributed by atoms with Crippen molar-refractivity contribution in [1.82, 2.24) is 10.2 Å². The molecule has 1 saturated heterocycles. The van der Waals surface area contributed by atoms with Gasteiger partial charge in [0.15, 0.2) is 0 Å². The Balaban J connectivity index is 2.02. The molecular weight excluding hydrogens is 326 g/mol. The zero-order valence-electron chi connectivity index (χ0n) is 13.7. The quantitative estimate of drug-likeness (QED) is 0.871. The summed E-state index contributed by atoms with van der Waals surface area (Å²) < 4.78 is 1.20. The molecular formula is C17H28BrN3. The summed E-state index contributed by atoms with van der Waals surface area (Å²) in [6, 6.07) is 7.84. The molecule has 1 heterocycles. The van der Waals surface area contributed by atoms with Crippen molar-refractivity contribution >= 4 is 21.6 Å². The van der Waals surface area contributed by atoms with Crippen LogP contribution in [0.2, 0.25) is 0 Å². The zero-order chi connectivity index (χ0) is 15.4. The molecule has 0 amide bonds. The number of piperazine rings is 1. The minimum Gasteiger partial charge on any atom is -0.369 e. The smallest absolute Gasteiger partial charge is 0.0378 e. The van der Waals surface area contributed by atoms with Crippen LogP contribution in [0.5, 0.6) is 0 Å². The van der Waals surface area contributed by atoms with E-state index in [4.69, 9.17) is 0 Å². The molecule has 2 rings (SSSR count). The average Bonchev–Trinajstić information content (AvgIpc) is 2.53. The van der Waals surface area contributed by atoms with Gasteiger partial charge in [0.05, 0.1) is 0 Å². The maximum atomic E-state index is 3.72. The standard InChI is InChI=1S/C17H28BrN3/c1-5-13(2)20-8-10-21(11-9-20)15-6-7-16(14(3)19-4)17(18)12-15/h6-7,12-14,19H,5,8-11H2,1-4H3. The van der Waals surface area contributed by atoms with Gasteiger partial charge >= 0.3 is 0 Å². The van der Waals surface area contributed by atoms with Crippen LogP contribution in [-0.2, 0) is 0 Å². The SMILES string of the molecule is CCC(C)N1CCN(c2ccc(C(C)NC)c(Br)c2)CC1. The summed E-state index contributed by atoms with van der Waals surface area (Å²) in [7, 11) is 2.00. The van der Waals surface area contributed by atoms with E-state index in [1.807, 2.05) is 7.05 Å². The van der Waals surface area contributed by atoms with Gasteiger partial charge in [0.1, 0.15) is 0 Å². The molecule has 1 aliphatic rings. The Morgan fingerprint density at radius 3 is 2.38 bits per heavy atom. The number of halogens is 1. The Hall–Kier alpha value is -0.580. The third-order valence-corrected chi connectivity index (χ3v) is 5.46. The Labute approximate surface area is 137 Å². The summed E-state index contributed by atoms with van der Waals surface area (Å²) in [5.74, 6) is 0. The number of hydrogen-bond donors (Lipinski definition) is 1. The number of hydrogen-bond acceptors (Lipinski definition) is 3. The summed E-state index contributed by atoms with van der Waals surface area (Å²) in [6.45, 7) is 11.4. The normalized spacial score (nSPS) is 19.6. The third kappa shape index (κ3) is 3.99. The molecule has 1 aromatic carbocycles. The van der Waals surface area contributed by atoms with Gasteiger partial charge < -0.3 is 10.2 Å². The number of benzene rings is 1. The second-order valence-electron chi connectivity index (χ2n) is 6.00. The van der Waals surface area contributed by atoms with Gasteiger partial charge in [-0.2, -0.15) is 0 Å². The maximum absolute atomic E-state index is 3.72. The lowest BCUT2D eigenvalue weighted by molar-refractivity contribution is 0.193. The van der Waals surface area contributed by atoms with Gasteiger partial charge in [0.25, 0.3) is 0 Å². The van der Waals surface area contributed by atoms with Gasteiger partial charge in [0.2, 0.25) is 0 Å². The Morgan fingerprint density at radius 2 is 1.86 bits per heavy atom. The van der Waals surface area contributed by atoms with Gasteiger partial charge in [-0.15, -0.1) is 0 Å². The van der Waals surface area contributed by atoms with E-state index in [2.05, 4.69) is 70.0 Å². The Bertz CT molecular complexity index is 455. The largest absolute Gasteiger partial charge is 0.369 e. The predicted molar refractivity (Wildman–Crippen MR) is 95.2 cm³/mol. The van der Waals surface area contributed by atoms with Crippen LogP contribution >= 0.6 is 15.9 Å². The minimum atomic E-state index is 0.371. The van der Waals surface area contributed by atoms with Crippen molar-refractivity contribution < 1.29 is 0 Å². The number of nitrogens with one attached hydrogen (secondary N) is 1. The first kappa shape index (κ1) is 16.8. The van der Waals surface area contributed by atoms with E-state index < -0.39 is 0 Å². The maximum Gasteiger partial charge on any atom is 0.0378 e. The fraction of sp³-hybridized carbons (Fsp3) is 0.647. The Kier molecular flexibility index (Phi) is 6.08. The van der Waals surface area contributed by atoms with Crippen molar-refractivity contribution in [3.8, 4) is 0 Å². The number of rotatable bonds is 5. The van der Waals surface area contributed by atoms with Crippen LogP contribution in [0.25, 0.3) is 0 Å². The van der Waals surface area contributed by atoms with E-state index >= 15 is 0 Å². The molecule has 118 valence electrons. The monoisotopic (exact) mass is 353 g/mol. The van der Waals surface area contributed by atoms with Crippen LogP contribution in [0, 0.1) is 0 Å². The predicted octanol–water partition coefficient (Wildman–Crippen LogP) is 3.65. The van der Waals surface area contributed by atoms with E-state index in [1.165, 1.54) is 35.2 Å². The third-order valence-electron chi connectivity index (χ3n) is 4.78. The molecule has 0 aromatic heterocycles. The van der Waals surface area contributed by atoms with E-state index in [9.17, 15) is 0 Å². The van der Waals surface area contributed by atoms with Crippen molar-refractivity contribution in [3.63, 3.8) is 0 Å². The van der Waals surface area contributed by atoms with Crippen molar-refractivity contribution in [3.05, 3.63) is 28.2 Å². The lowest BCUT2D eigenvalue weighted by atomic mass is 10.1. The van der Waals surface area contributed by atoms with Crippen molar-refractivity contribution in [2.45, 2.75) is 39.3 Å².